The number of rotatable bonds is 4. The SMILES string of the molecule is CCCc1c(CCBr)c(=O)oc2cc(O)c(O)cc12. The van der Waals surface area contributed by atoms with Gasteiger partial charge in [0.1, 0.15) is 5.58 Å². The number of fused-ring (bicyclic) bond motifs is 1. The van der Waals surface area contributed by atoms with Gasteiger partial charge in [0.15, 0.2) is 11.5 Å². The van der Waals surface area contributed by atoms with E-state index < -0.39 is 0 Å². The van der Waals surface area contributed by atoms with E-state index in [1.165, 1.54) is 12.1 Å². The molecule has 102 valence electrons. The molecule has 1 heterocycles. The van der Waals surface area contributed by atoms with Crippen LogP contribution in [0.1, 0.15) is 24.5 Å². The first-order chi connectivity index (χ1) is 9.08. The predicted octanol–water partition coefficient (Wildman–Crippen LogP) is 3.09. The Kier molecular flexibility index (Phi) is 4.14. The molecule has 0 aliphatic carbocycles. The number of aromatic hydroxyl groups is 2. The minimum absolute atomic E-state index is 0.205. The number of aryl methyl sites for hydroxylation is 1. The van der Waals surface area contributed by atoms with Crippen molar-refractivity contribution in [3.8, 4) is 11.5 Å². The van der Waals surface area contributed by atoms with Crippen molar-refractivity contribution in [2.75, 3.05) is 5.33 Å². The highest BCUT2D eigenvalue weighted by Crippen LogP contribution is 2.32. The zero-order valence-corrected chi connectivity index (χ0v) is 12.2. The summed E-state index contributed by atoms with van der Waals surface area (Å²) in [6.07, 6.45) is 2.19. The lowest BCUT2D eigenvalue weighted by Crippen LogP contribution is -2.12. The maximum Gasteiger partial charge on any atom is 0.339 e. The molecule has 0 fully saturated rings. The van der Waals surface area contributed by atoms with Crippen LogP contribution in [0.5, 0.6) is 11.5 Å². The van der Waals surface area contributed by atoms with Crippen molar-refractivity contribution in [1.29, 1.82) is 0 Å². The Morgan fingerprint density at radius 2 is 1.84 bits per heavy atom. The van der Waals surface area contributed by atoms with E-state index in [0.717, 1.165) is 18.4 Å². The Balaban J connectivity index is 2.81. The summed E-state index contributed by atoms with van der Waals surface area (Å²) in [5, 5.41) is 20.5. The summed E-state index contributed by atoms with van der Waals surface area (Å²) in [6.45, 7) is 2.03. The molecule has 0 amide bonds. The molecule has 2 aromatic rings. The van der Waals surface area contributed by atoms with E-state index in [4.69, 9.17) is 4.42 Å². The number of halogens is 1. The monoisotopic (exact) mass is 326 g/mol. The lowest BCUT2D eigenvalue weighted by molar-refractivity contribution is 0.403. The molecular weight excluding hydrogens is 312 g/mol. The number of hydrogen-bond acceptors (Lipinski definition) is 4. The molecular formula is C14H15BrO4. The molecule has 0 bridgehead atoms. The van der Waals surface area contributed by atoms with E-state index >= 15 is 0 Å². The van der Waals surface area contributed by atoms with Crippen LogP contribution in [0.25, 0.3) is 11.0 Å². The van der Waals surface area contributed by atoms with Crippen LogP contribution < -0.4 is 5.63 Å². The van der Waals surface area contributed by atoms with E-state index in [0.29, 0.717) is 28.3 Å². The first-order valence-corrected chi connectivity index (χ1v) is 7.27. The molecule has 2 rings (SSSR count). The average molecular weight is 327 g/mol. The second-order valence-electron chi connectivity index (χ2n) is 4.37. The van der Waals surface area contributed by atoms with Crippen molar-refractivity contribution in [1.82, 2.24) is 0 Å². The Bertz CT molecular complexity index is 661. The fourth-order valence-electron chi connectivity index (χ4n) is 2.21. The van der Waals surface area contributed by atoms with Gasteiger partial charge in [-0.1, -0.05) is 29.3 Å². The molecule has 0 unspecified atom stereocenters. The van der Waals surface area contributed by atoms with Crippen LogP contribution >= 0.6 is 15.9 Å². The molecule has 5 heteroatoms. The Labute approximate surface area is 118 Å². The highest BCUT2D eigenvalue weighted by Gasteiger charge is 2.15. The smallest absolute Gasteiger partial charge is 0.339 e. The Hall–Kier alpha value is -1.49. The molecule has 0 aliphatic heterocycles. The third kappa shape index (κ3) is 2.61. The van der Waals surface area contributed by atoms with Gasteiger partial charge in [0.05, 0.1) is 0 Å². The number of phenols is 2. The van der Waals surface area contributed by atoms with Gasteiger partial charge in [-0.3, -0.25) is 0 Å². The molecule has 19 heavy (non-hydrogen) atoms. The van der Waals surface area contributed by atoms with Crippen LogP contribution in [-0.2, 0) is 12.8 Å². The second kappa shape index (κ2) is 5.65. The first-order valence-electron chi connectivity index (χ1n) is 6.15. The van der Waals surface area contributed by atoms with Crippen molar-refractivity contribution < 1.29 is 14.6 Å². The summed E-state index contributed by atoms with van der Waals surface area (Å²) >= 11 is 3.33. The summed E-state index contributed by atoms with van der Waals surface area (Å²) in [5.41, 5.74) is 1.46. The molecule has 1 aromatic carbocycles. The lowest BCUT2D eigenvalue weighted by Gasteiger charge is -2.10. The highest BCUT2D eigenvalue weighted by molar-refractivity contribution is 9.09. The molecule has 0 radical (unpaired) electrons. The highest BCUT2D eigenvalue weighted by atomic mass is 79.9. The van der Waals surface area contributed by atoms with Gasteiger partial charge in [0.25, 0.3) is 0 Å². The molecule has 0 aliphatic rings. The van der Waals surface area contributed by atoms with E-state index in [1.54, 1.807) is 0 Å². The molecule has 1 aromatic heterocycles. The standard InChI is InChI=1S/C14H15BrO4/c1-2-3-8-9(4-5-15)14(18)19-13-7-12(17)11(16)6-10(8)13/h6-7,16-17H,2-5H2,1H3. The fourth-order valence-corrected chi connectivity index (χ4v) is 2.60. The molecule has 4 nitrogen and oxygen atoms in total. The number of benzene rings is 1. The first kappa shape index (κ1) is 13.9. The Morgan fingerprint density at radius 1 is 1.16 bits per heavy atom. The van der Waals surface area contributed by atoms with Gasteiger partial charge in [0.2, 0.25) is 0 Å². The van der Waals surface area contributed by atoms with Gasteiger partial charge in [-0.25, -0.2) is 4.79 Å². The van der Waals surface area contributed by atoms with Gasteiger partial charge in [-0.05, 0) is 24.5 Å². The zero-order chi connectivity index (χ0) is 14.0. The summed E-state index contributed by atoms with van der Waals surface area (Å²) in [5.74, 6) is -0.491. The average Bonchev–Trinajstić information content (AvgIpc) is 2.36. The minimum atomic E-state index is -0.375. The van der Waals surface area contributed by atoms with Crippen molar-refractivity contribution in [3.63, 3.8) is 0 Å². The summed E-state index contributed by atoms with van der Waals surface area (Å²) in [4.78, 5) is 12.0. The molecule has 0 saturated heterocycles. The van der Waals surface area contributed by atoms with Crippen molar-refractivity contribution >= 4 is 26.9 Å². The van der Waals surface area contributed by atoms with E-state index in [-0.39, 0.29) is 17.1 Å². The fraction of sp³-hybridized carbons (Fsp3) is 0.357. The topological polar surface area (TPSA) is 70.7 Å². The van der Waals surface area contributed by atoms with Crippen molar-refractivity contribution in [2.45, 2.75) is 26.2 Å². The molecule has 2 N–H and O–H groups in total. The zero-order valence-electron chi connectivity index (χ0n) is 10.6. The van der Waals surface area contributed by atoms with E-state index in [1.807, 2.05) is 6.92 Å². The van der Waals surface area contributed by atoms with Gasteiger partial charge in [0, 0.05) is 22.3 Å². The molecule has 0 spiro atoms. The number of hydrogen-bond donors (Lipinski definition) is 2. The van der Waals surface area contributed by atoms with Crippen LogP contribution in [-0.4, -0.2) is 15.5 Å². The van der Waals surface area contributed by atoms with Gasteiger partial charge in [-0.2, -0.15) is 0 Å². The van der Waals surface area contributed by atoms with Gasteiger partial charge in [-0.15, -0.1) is 0 Å². The predicted molar refractivity (Wildman–Crippen MR) is 77.3 cm³/mol. The van der Waals surface area contributed by atoms with Crippen LogP contribution in [0.2, 0.25) is 0 Å². The van der Waals surface area contributed by atoms with Gasteiger partial charge >= 0.3 is 5.63 Å². The van der Waals surface area contributed by atoms with Crippen molar-refractivity contribution in [2.24, 2.45) is 0 Å². The number of alkyl halides is 1. The lowest BCUT2D eigenvalue weighted by atomic mass is 9.98. The maximum absolute atomic E-state index is 12.0. The minimum Gasteiger partial charge on any atom is -0.504 e. The summed E-state index contributed by atoms with van der Waals surface area (Å²) < 4.78 is 5.22. The quantitative estimate of drug-likeness (QED) is 0.514. The van der Waals surface area contributed by atoms with E-state index in [2.05, 4.69) is 15.9 Å². The van der Waals surface area contributed by atoms with Gasteiger partial charge < -0.3 is 14.6 Å². The van der Waals surface area contributed by atoms with Crippen LogP contribution in [0.3, 0.4) is 0 Å². The molecule has 0 saturated carbocycles. The van der Waals surface area contributed by atoms with E-state index in [9.17, 15) is 15.0 Å². The maximum atomic E-state index is 12.0. The van der Waals surface area contributed by atoms with Crippen LogP contribution in [0.15, 0.2) is 21.3 Å². The number of phenolic OH excluding ortho intramolecular Hbond substituents is 2. The van der Waals surface area contributed by atoms with Crippen LogP contribution in [0.4, 0.5) is 0 Å². The summed E-state index contributed by atoms with van der Waals surface area (Å²) in [6, 6.07) is 2.74. The third-order valence-corrected chi connectivity index (χ3v) is 3.46. The second-order valence-corrected chi connectivity index (χ2v) is 5.17. The Morgan fingerprint density at radius 3 is 2.47 bits per heavy atom. The molecule has 0 atom stereocenters. The van der Waals surface area contributed by atoms with Crippen LogP contribution in [0, 0.1) is 0 Å². The summed E-state index contributed by atoms with van der Waals surface area (Å²) in [7, 11) is 0. The third-order valence-electron chi connectivity index (χ3n) is 3.06. The largest absolute Gasteiger partial charge is 0.504 e. The van der Waals surface area contributed by atoms with Crippen molar-refractivity contribution in [3.05, 3.63) is 33.7 Å². The normalized spacial score (nSPS) is 11.1.